The quantitative estimate of drug-likeness (QED) is 0.611. The molecular formula is C15H21NO6. The van der Waals surface area contributed by atoms with Crippen LogP contribution in [0.5, 0.6) is 11.5 Å². The number of methoxy groups -OCH3 is 2. The molecule has 1 rings (SSSR count). The summed E-state index contributed by atoms with van der Waals surface area (Å²) >= 11 is 0. The third kappa shape index (κ3) is 5.90. The van der Waals surface area contributed by atoms with Gasteiger partial charge in [-0.1, -0.05) is 6.07 Å². The van der Waals surface area contributed by atoms with E-state index < -0.39 is 18.4 Å². The fraction of sp³-hybridized carbons (Fsp3) is 0.467. The number of carbonyl (C=O) groups is 2. The summed E-state index contributed by atoms with van der Waals surface area (Å²) in [6.07, 6.45) is -0.968. The third-order valence-electron chi connectivity index (χ3n) is 2.74. The van der Waals surface area contributed by atoms with Crippen LogP contribution in [0, 0.1) is 0 Å². The van der Waals surface area contributed by atoms with Crippen LogP contribution in [-0.2, 0) is 20.7 Å². The fourth-order valence-corrected chi connectivity index (χ4v) is 1.80. The molecule has 0 fully saturated rings. The number of benzene rings is 1. The van der Waals surface area contributed by atoms with Crippen LogP contribution in [0.1, 0.15) is 19.4 Å². The minimum Gasteiger partial charge on any atom is -0.493 e. The summed E-state index contributed by atoms with van der Waals surface area (Å²) in [5.74, 6) is 0.769. The summed E-state index contributed by atoms with van der Waals surface area (Å²) in [4.78, 5) is 22.2. The number of esters is 1. The normalized spacial score (nSPS) is 11.3. The van der Waals surface area contributed by atoms with Crippen LogP contribution >= 0.6 is 0 Å². The Morgan fingerprint density at radius 1 is 1.14 bits per heavy atom. The monoisotopic (exact) mass is 311 g/mol. The summed E-state index contributed by atoms with van der Waals surface area (Å²) in [7, 11) is 3.13. The minimum atomic E-state index is -0.918. The molecule has 22 heavy (non-hydrogen) atoms. The van der Waals surface area contributed by atoms with Crippen molar-refractivity contribution in [1.29, 1.82) is 0 Å². The average Bonchev–Trinajstić information content (AvgIpc) is 2.45. The van der Waals surface area contributed by atoms with Crippen molar-refractivity contribution in [2.45, 2.75) is 26.6 Å². The molecule has 0 heterocycles. The number of nitrogens with one attached hydrogen (secondary N) is 1. The van der Waals surface area contributed by atoms with E-state index >= 15 is 0 Å². The fourth-order valence-electron chi connectivity index (χ4n) is 1.80. The van der Waals surface area contributed by atoms with Gasteiger partial charge in [-0.3, -0.25) is 4.79 Å². The molecule has 0 aliphatic rings. The number of alkyl carbamates (subject to hydrolysis) is 1. The molecule has 1 aromatic carbocycles. The molecule has 7 heteroatoms. The number of ether oxygens (including phenoxy) is 4. The molecule has 1 amide bonds. The van der Waals surface area contributed by atoms with Crippen molar-refractivity contribution in [1.82, 2.24) is 5.32 Å². The molecule has 0 saturated carbocycles. The van der Waals surface area contributed by atoms with Gasteiger partial charge in [0.15, 0.2) is 11.5 Å². The Morgan fingerprint density at radius 3 is 2.41 bits per heavy atom. The van der Waals surface area contributed by atoms with Crippen LogP contribution in [0.3, 0.4) is 0 Å². The highest BCUT2D eigenvalue weighted by atomic mass is 16.7. The first-order valence-corrected chi connectivity index (χ1v) is 6.79. The van der Waals surface area contributed by atoms with Crippen LogP contribution in [-0.4, -0.2) is 39.1 Å². The summed E-state index contributed by atoms with van der Waals surface area (Å²) in [6, 6.07) is 5.53. The molecule has 0 aliphatic carbocycles. The lowest BCUT2D eigenvalue weighted by atomic mass is 10.1. The molecule has 1 N–H and O–H groups in total. The topological polar surface area (TPSA) is 83.1 Å². The summed E-state index contributed by atoms with van der Waals surface area (Å²) in [5.41, 5.74) is 0.978. The Kier molecular flexibility index (Phi) is 7.01. The Morgan fingerprint density at radius 2 is 1.82 bits per heavy atom. The molecule has 0 radical (unpaired) electrons. The Labute approximate surface area is 129 Å². The predicted octanol–water partition coefficient (Wildman–Crippen LogP) is 1.88. The second-order valence-electron chi connectivity index (χ2n) is 4.45. The van der Waals surface area contributed by atoms with Crippen LogP contribution < -0.4 is 14.8 Å². The van der Waals surface area contributed by atoms with Gasteiger partial charge in [0.25, 0.3) is 0 Å². The molecule has 1 aromatic rings. The average molecular weight is 311 g/mol. The van der Waals surface area contributed by atoms with Crippen LogP contribution in [0.2, 0.25) is 0 Å². The highest BCUT2D eigenvalue weighted by Crippen LogP contribution is 2.27. The van der Waals surface area contributed by atoms with Crippen molar-refractivity contribution in [3.8, 4) is 11.5 Å². The first-order chi connectivity index (χ1) is 10.5. The van der Waals surface area contributed by atoms with Crippen molar-refractivity contribution in [3.05, 3.63) is 23.8 Å². The maximum absolute atomic E-state index is 11.5. The van der Waals surface area contributed by atoms with E-state index in [0.29, 0.717) is 24.5 Å². The molecule has 0 aromatic heterocycles. The molecule has 122 valence electrons. The lowest BCUT2D eigenvalue weighted by Crippen LogP contribution is -2.31. The first kappa shape index (κ1) is 17.6. The maximum Gasteiger partial charge on any atom is 0.410 e. The number of rotatable bonds is 7. The van der Waals surface area contributed by atoms with Gasteiger partial charge in [0.2, 0.25) is 6.29 Å². The van der Waals surface area contributed by atoms with Gasteiger partial charge in [0.1, 0.15) is 0 Å². The van der Waals surface area contributed by atoms with E-state index in [9.17, 15) is 9.59 Å². The zero-order valence-electron chi connectivity index (χ0n) is 13.2. The van der Waals surface area contributed by atoms with Gasteiger partial charge in [-0.05, 0) is 24.1 Å². The second-order valence-corrected chi connectivity index (χ2v) is 4.45. The van der Waals surface area contributed by atoms with Crippen molar-refractivity contribution in [2.75, 3.05) is 20.8 Å². The van der Waals surface area contributed by atoms with Gasteiger partial charge in [-0.15, -0.1) is 0 Å². The van der Waals surface area contributed by atoms with Gasteiger partial charge in [-0.2, -0.15) is 0 Å². The lowest BCUT2D eigenvalue weighted by molar-refractivity contribution is -0.162. The smallest absolute Gasteiger partial charge is 0.410 e. The zero-order valence-corrected chi connectivity index (χ0v) is 13.2. The Hall–Kier alpha value is -2.44. The molecule has 1 atom stereocenters. The molecule has 7 nitrogen and oxygen atoms in total. The summed E-state index contributed by atoms with van der Waals surface area (Å²) in [6.45, 7) is 3.09. The molecule has 1 unspecified atom stereocenters. The zero-order chi connectivity index (χ0) is 16.5. The Bertz CT molecular complexity index is 517. The van der Waals surface area contributed by atoms with Crippen LogP contribution in [0.15, 0.2) is 18.2 Å². The van der Waals surface area contributed by atoms with Crippen LogP contribution in [0.25, 0.3) is 0 Å². The standard InChI is InChI=1S/C15H21NO6/c1-10(17)21-11(2)22-15(18)16-8-7-12-5-6-13(19-3)14(9-12)20-4/h5-6,9,11H,7-8H2,1-4H3,(H,16,18). The van der Waals surface area contributed by atoms with Gasteiger partial charge in [0, 0.05) is 20.4 Å². The first-order valence-electron chi connectivity index (χ1n) is 6.79. The second kappa shape index (κ2) is 8.76. The van der Waals surface area contributed by atoms with E-state index in [0.717, 1.165) is 5.56 Å². The van der Waals surface area contributed by atoms with Crippen LogP contribution in [0.4, 0.5) is 4.79 Å². The number of carbonyl (C=O) groups excluding carboxylic acids is 2. The Balaban J connectivity index is 2.40. The minimum absolute atomic E-state index is 0.376. The molecular weight excluding hydrogens is 290 g/mol. The third-order valence-corrected chi connectivity index (χ3v) is 2.74. The molecule has 0 saturated heterocycles. The SMILES string of the molecule is COc1ccc(CCNC(=O)OC(C)OC(C)=O)cc1OC. The molecule has 0 aliphatic heterocycles. The maximum atomic E-state index is 11.5. The largest absolute Gasteiger partial charge is 0.493 e. The summed E-state index contributed by atoms with van der Waals surface area (Å²) < 4.78 is 19.9. The van der Waals surface area contributed by atoms with E-state index in [-0.39, 0.29) is 0 Å². The highest BCUT2D eigenvalue weighted by Gasteiger charge is 2.11. The molecule has 0 spiro atoms. The van der Waals surface area contributed by atoms with E-state index in [2.05, 4.69) is 10.1 Å². The molecule has 0 bridgehead atoms. The summed E-state index contributed by atoms with van der Waals surface area (Å²) in [5, 5.41) is 2.58. The van der Waals surface area contributed by atoms with E-state index in [1.807, 2.05) is 12.1 Å². The van der Waals surface area contributed by atoms with Crippen molar-refractivity contribution < 1.29 is 28.5 Å². The van der Waals surface area contributed by atoms with Gasteiger partial charge >= 0.3 is 12.1 Å². The van der Waals surface area contributed by atoms with Gasteiger partial charge < -0.3 is 24.3 Å². The highest BCUT2D eigenvalue weighted by molar-refractivity contribution is 5.68. The van der Waals surface area contributed by atoms with Gasteiger partial charge in [0.05, 0.1) is 14.2 Å². The number of hydrogen-bond acceptors (Lipinski definition) is 6. The predicted molar refractivity (Wildman–Crippen MR) is 79.0 cm³/mol. The van der Waals surface area contributed by atoms with Crippen molar-refractivity contribution in [3.63, 3.8) is 0 Å². The van der Waals surface area contributed by atoms with Crippen molar-refractivity contribution in [2.24, 2.45) is 0 Å². The van der Waals surface area contributed by atoms with E-state index in [4.69, 9.17) is 14.2 Å². The van der Waals surface area contributed by atoms with E-state index in [1.54, 1.807) is 20.3 Å². The lowest BCUT2D eigenvalue weighted by Gasteiger charge is -2.13. The van der Waals surface area contributed by atoms with Gasteiger partial charge in [-0.25, -0.2) is 4.79 Å². The number of amides is 1. The number of hydrogen-bond donors (Lipinski definition) is 1. The van der Waals surface area contributed by atoms with E-state index in [1.165, 1.54) is 13.8 Å². The van der Waals surface area contributed by atoms with Crippen molar-refractivity contribution >= 4 is 12.1 Å².